The van der Waals surface area contributed by atoms with Gasteiger partial charge in [0.25, 0.3) is 5.56 Å². The van der Waals surface area contributed by atoms with Crippen molar-refractivity contribution in [3.05, 3.63) is 52.4 Å². The first-order chi connectivity index (χ1) is 18.1. The van der Waals surface area contributed by atoms with Crippen molar-refractivity contribution in [1.82, 2.24) is 23.7 Å². The summed E-state index contributed by atoms with van der Waals surface area (Å²) in [7, 11) is -3.58. The zero-order valence-electron chi connectivity index (χ0n) is 21.6. The van der Waals surface area contributed by atoms with E-state index in [0.717, 1.165) is 26.1 Å². The third-order valence-electron chi connectivity index (χ3n) is 7.65. The fourth-order valence-electron chi connectivity index (χ4n) is 5.39. The molecule has 2 atom stereocenters. The van der Waals surface area contributed by atoms with Gasteiger partial charge in [-0.1, -0.05) is 12.8 Å². The van der Waals surface area contributed by atoms with E-state index < -0.39 is 21.7 Å². The summed E-state index contributed by atoms with van der Waals surface area (Å²) in [5, 5.41) is 14.6. The minimum atomic E-state index is -3.58. The number of pyridine rings is 1. The van der Waals surface area contributed by atoms with Crippen molar-refractivity contribution < 1.29 is 13.5 Å². The van der Waals surface area contributed by atoms with E-state index in [9.17, 15) is 18.3 Å². The lowest BCUT2D eigenvalue weighted by Gasteiger charge is -2.33. The van der Waals surface area contributed by atoms with E-state index >= 15 is 0 Å². The number of aliphatic hydroxyl groups is 1. The zero-order valence-corrected chi connectivity index (χ0v) is 22.4. The molecule has 0 amide bonds. The minimum Gasteiger partial charge on any atom is -0.388 e. The maximum absolute atomic E-state index is 13.2. The highest BCUT2D eigenvalue weighted by Gasteiger charge is 2.39. The molecule has 2 N–H and O–H groups in total. The van der Waals surface area contributed by atoms with Gasteiger partial charge in [0.1, 0.15) is 5.65 Å². The fraction of sp³-hybridized carbons (Fsp3) is 0.444. The van der Waals surface area contributed by atoms with E-state index in [1.807, 2.05) is 0 Å². The van der Waals surface area contributed by atoms with E-state index in [1.165, 1.54) is 8.87 Å². The molecule has 0 spiro atoms. The van der Waals surface area contributed by atoms with Crippen LogP contribution in [0.5, 0.6) is 0 Å². The lowest BCUT2D eigenvalue weighted by Crippen LogP contribution is -2.48. The van der Waals surface area contributed by atoms with Crippen LogP contribution in [0, 0.1) is 12.3 Å². The molecule has 11 heteroatoms. The third kappa shape index (κ3) is 4.80. The first kappa shape index (κ1) is 26.3. The van der Waals surface area contributed by atoms with Gasteiger partial charge in [0, 0.05) is 43.4 Å². The van der Waals surface area contributed by atoms with Gasteiger partial charge in [-0.05, 0) is 63.1 Å². The molecular weight excluding hydrogens is 504 g/mol. The number of benzene rings is 1. The number of piperazine rings is 1. The largest absolute Gasteiger partial charge is 0.388 e. The second-order valence-electron chi connectivity index (χ2n) is 10.1. The van der Waals surface area contributed by atoms with Crippen LogP contribution in [-0.4, -0.2) is 75.6 Å². The fourth-order valence-corrected chi connectivity index (χ4v) is 6.81. The number of aromatic nitrogens is 3. The number of nitrogens with zero attached hydrogens (tertiary/aromatic N) is 5. The van der Waals surface area contributed by atoms with Crippen molar-refractivity contribution in [3.63, 3.8) is 0 Å². The molecule has 1 aliphatic heterocycles. The lowest BCUT2D eigenvalue weighted by molar-refractivity contribution is 0.0266. The Bertz CT molecular complexity index is 1550. The van der Waals surface area contributed by atoms with Crippen LogP contribution in [-0.2, 0) is 10.0 Å². The average molecular weight is 537 g/mol. The van der Waals surface area contributed by atoms with Gasteiger partial charge in [-0.2, -0.15) is 9.29 Å². The monoisotopic (exact) mass is 536 g/mol. The van der Waals surface area contributed by atoms with Gasteiger partial charge in [0.2, 0.25) is 16.0 Å². The van der Waals surface area contributed by atoms with Gasteiger partial charge in [-0.3, -0.25) is 9.36 Å². The lowest BCUT2D eigenvalue weighted by atomic mass is 9.99. The Kier molecular flexibility index (Phi) is 7.00. The van der Waals surface area contributed by atoms with Crippen molar-refractivity contribution in [2.24, 2.45) is 0 Å². The molecule has 200 valence electrons. The van der Waals surface area contributed by atoms with Crippen LogP contribution in [0.15, 0.2) is 46.2 Å². The van der Waals surface area contributed by atoms with Crippen molar-refractivity contribution in [1.29, 1.82) is 0 Å². The molecule has 2 aromatic heterocycles. The normalized spacial score (nSPS) is 22.9. The number of likely N-dealkylation sites (N-methyl/N-ethyl adjacent to an activating group) is 1. The molecule has 1 saturated heterocycles. The molecule has 2 aliphatic rings. The number of hydrogen-bond acceptors (Lipinski definition) is 8. The van der Waals surface area contributed by atoms with Crippen LogP contribution in [0.4, 0.5) is 11.6 Å². The minimum absolute atomic E-state index is 0.192. The molecule has 1 aliphatic carbocycles. The topological polar surface area (TPSA) is 121 Å². The number of fused-ring (bicyclic) bond motifs is 1. The summed E-state index contributed by atoms with van der Waals surface area (Å²) in [5.74, 6) is 2.68. The summed E-state index contributed by atoms with van der Waals surface area (Å²) < 4.78 is 29.2. The summed E-state index contributed by atoms with van der Waals surface area (Å²) in [6, 6.07) is 7.59. The number of terminal acetylenes is 1. The van der Waals surface area contributed by atoms with E-state index in [-0.39, 0.29) is 22.0 Å². The molecule has 3 heterocycles. The smallest absolute Gasteiger partial charge is 0.268 e. The Labute approximate surface area is 222 Å². The van der Waals surface area contributed by atoms with Crippen LogP contribution in [0.25, 0.3) is 11.0 Å². The van der Waals surface area contributed by atoms with Crippen molar-refractivity contribution in [2.75, 3.05) is 38.0 Å². The molecule has 38 heavy (non-hydrogen) atoms. The van der Waals surface area contributed by atoms with E-state index in [0.29, 0.717) is 42.7 Å². The summed E-state index contributed by atoms with van der Waals surface area (Å²) in [5.41, 5.74) is -0.263. The zero-order chi connectivity index (χ0) is 27.1. The van der Waals surface area contributed by atoms with Gasteiger partial charge in [-0.15, -0.1) is 6.42 Å². The van der Waals surface area contributed by atoms with Gasteiger partial charge in [0.05, 0.1) is 22.1 Å². The van der Waals surface area contributed by atoms with Crippen LogP contribution >= 0.6 is 0 Å². The molecule has 3 aromatic rings. The molecule has 0 bridgehead atoms. The average Bonchev–Trinajstić information content (AvgIpc) is 3.27. The summed E-state index contributed by atoms with van der Waals surface area (Å²) in [4.78, 5) is 24.7. The van der Waals surface area contributed by atoms with E-state index in [1.54, 1.807) is 43.5 Å². The van der Waals surface area contributed by atoms with Crippen LogP contribution in [0.3, 0.4) is 0 Å². The highest BCUT2D eigenvalue weighted by Crippen LogP contribution is 2.39. The third-order valence-corrected chi connectivity index (χ3v) is 9.56. The summed E-state index contributed by atoms with van der Waals surface area (Å²) in [6.45, 7) is 7.09. The first-order valence-electron chi connectivity index (χ1n) is 12.8. The Morgan fingerprint density at radius 1 is 1.21 bits per heavy atom. The van der Waals surface area contributed by atoms with Crippen LogP contribution in [0.1, 0.15) is 44.7 Å². The van der Waals surface area contributed by atoms with E-state index in [2.05, 4.69) is 33.0 Å². The Hall–Kier alpha value is -3.30. The highest BCUT2D eigenvalue weighted by molar-refractivity contribution is 7.89. The maximum atomic E-state index is 13.2. The van der Waals surface area contributed by atoms with Gasteiger partial charge >= 0.3 is 0 Å². The Balaban J connectivity index is 1.43. The number of anilines is 2. The SMILES string of the molecule is C#Cc1cc2cnc(Nc3ccc(S(=O)(=O)N4CCN(CC)CC4)cc3)nc2n([C@@H]2CCC[C@@]2(C)O)c1=O. The molecule has 0 radical (unpaired) electrons. The molecule has 2 fully saturated rings. The van der Waals surface area contributed by atoms with Gasteiger partial charge < -0.3 is 15.3 Å². The maximum Gasteiger partial charge on any atom is 0.268 e. The predicted molar refractivity (Wildman–Crippen MR) is 146 cm³/mol. The highest BCUT2D eigenvalue weighted by atomic mass is 32.2. The Morgan fingerprint density at radius 3 is 2.53 bits per heavy atom. The van der Waals surface area contributed by atoms with Crippen LogP contribution < -0.4 is 10.9 Å². The standard InChI is InChI=1S/C27H32N6O4S/c1-4-19-17-20-18-28-26(30-24(20)33(25(19)34)23-7-6-12-27(23,3)35)29-21-8-10-22(11-9-21)38(36,37)32-15-13-31(5-2)14-16-32/h1,8-11,17-18,23,35H,5-7,12-16H2,2-3H3,(H,28,29,30)/t23-,27-/m1/s1. The molecule has 0 unspecified atom stereocenters. The molecule has 10 nitrogen and oxygen atoms in total. The Morgan fingerprint density at radius 2 is 1.92 bits per heavy atom. The molecule has 5 rings (SSSR count). The van der Waals surface area contributed by atoms with Crippen LogP contribution in [0.2, 0.25) is 0 Å². The van der Waals surface area contributed by atoms with Gasteiger partial charge in [0.15, 0.2) is 0 Å². The predicted octanol–water partition coefficient (Wildman–Crippen LogP) is 2.32. The number of nitrogens with one attached hydrogen (secondary N) is 1. The van der Waals surface area contributed by atoms with Crippen molar-refractivity contribution in [2.45, 2.75) is 49.6 Å². The molecule has 1 saturated carbocycles. The molecular formula is C27H32N6O4S. The van der Waals surface area contributed by atoms with Crippen molar-refractivity contribution >= 4 is 32.7 Å². The number of hydrogen-bond donors (Lipinski definition) is 2. The van der Waals surface area contributed by atoms with Crippen molar-refractivity contribution in [3.8, 4) is 12.3 Å². The number of rotatable bonds is 6. The second-order valence-corrected chi connectivity index (χ2v) is 12.0. The number of sulfonamides is 1. The van der Waals surface area contributed by atoms with E-state index in [4.69, 9.17) is 6.42 Å². The molecule has 1 aromatic carbocycles. The van der Waals surface area contributed by atoms with Gasteiger partial charge in [-0.25, -0.2) is 13.4 Å². The summed E-state index contributed by atoms with van der Waals surface area (Å²) in [6.07, 6.45) is 9.16. The summed E-state index contributed by atoms with van der Waals surface area (Å²) >= 11 is 0. The quantitative estimate of drug-likeness (QED) is 0.461. The second kappa shape index (κ2) is 10.1. The first-order valence-corrected chi connectivity index (χ1v) is 14.3.